The minimum Gasteiger partial charge on any atom is -0.384 e. The van der Waals surface area contributed by atoms with Gasteiger partial charge in [-0.25, -0.2) is 4.98 Å². The van der Waals surface area contributed by atoms with Gasteiger partial charge in [0.05, 0.1) is 17.7 Å². The normalized spacial score (nSPS) is 9.79. The zero-order valence-corrected chi connectivity index (χ0v) is 11.9. The van der Waals surface area contributed by atoms with Gasteiger partial charge < -0.3 is 10.4 Å². The van der Waals surface area contributed by atoms with Crippen molar-refractivity contribution in [3.63, 3.8) is 0 Å². The van der Waals surface area contributed by atoms with Crippen molar-refractivity contribution in [3.05, 3.63) is 38.0 Å². The van der Waals surface area contributed by atoms with Crippen molar-refractivity contribution >= 4 is 28.6 Å². The Morgan fingerprint density at radius 3 is 3.11 bits per heavy atom. The van der Waals surface area contributed by atoms with Crippen LogP contribution in [0.4, 0.5) is 0 Å². The third-order valence-electron chi connectivity index (χ3n) is 2.23. The fourth-order valence-corrected chi connectivity index (χ4v) is 2.85. The zero-order chi connectivity index (χ0) is 13.7. The molecule has 0 aliphatic heterocycles. The van der Waals surface area contributed by atoms with E-state index >= 15 is 0 Å². The van der Waals surface area contributed by atoms with E-state index in [2.05, 4.69) is 22.1 Å². The maximum Gasteiger partial charge on any atom is 0.263 e. The Hall–Kier alpha value is -1.68. The molecule has 0 fully saturated rings. The predicted molar refractivity (Wildman–Crippen MR) is 76.3 cm³/mol. The van der Waals surface area contributed by atoms with Crippen molar-refractivity contribution in [2.45, 2.75) is 13.5 Å². The van der Waals surface area contributed by atoms with Crippen LogP contribution in [0.1, 0.15) is 25.1 Å². The molecule has 2 aromatic rings. The Morgan fingerprint density at radius 2 is 2.42 bits per heavy atom. The van der Waals surface area contributed by atoms with Gasteiger partial charge >= 0.3 is 0 Å². The van der Waals surface area contributed by atoms with Crippen molar-refractivity contribution in [1.29, 1.82) is 0 Å². The van der Waals surface area contributed by atoms with E-state index in [0.717, 1.165) is 15.4 Å². The van der Waals surface area contributed by atoms with Gasteiger partial charge in [-0.1, -0.05) is 11.8 Å². The van der Waals surface area contributed by atoms with Crippen LogP contribution in [-0.4, -0.2) is 22.6 Å². The summed E-state index contributed by atoms with van der Waals surface area (Å²) in [5, 5.41) is 14.2. The Labute approximate surface area is 119 Å². The quantitative estimate of drug-likeness (QED) is 0.848. The number of aryl methyl sites for hydroxylation is 1. The van der Waals surface area contributed by atoms with E-state index in [1.807, 2.05) is 18.4 Å². The van der Waals surface area contributed by atoms with Gasteiger partial charge in [0.1, 0.15) is 11.5 Å². The number of hydrogen-bond acceptors (Lipinski definition) is 5. The molecule has 0 aliphatic rings. The first kappa shape index (κ1) is 13.7. The summed E-state index contributed by atoms with van der Waals surface area (Å²) in [6.45, 7) is 2.20. The van der Waals surface area contributed by atoms with Gasteiger partial charge in [-0.05, 0) is 13.0 Å². The maximum atomic E-state index is 11.8. The van der Waals surface area contributed by atoms with Crippen molar-refractivity contribution in [3.8, 4) is 11.8 Å². The van der Waals surface area contributed by atoms with Crippen molar-refractivity contribution in [2.24, 2.45) is 0 Å². The molecule has 0 aromatic carbocycles. The van der Waals surface area contributed by atoms with Crippen LogP contribution < -0.4 is 5.32 Å². The summed E-state index contributed by atoms with van der Waals surface area (Å²) in [7, 11) is 0. The molecule has 98 valence electrons. The number of nitrogens with one attached hydrogen (secondary N) is 1. The van der Waals surface area contributed by atoms with Gasteiger partial charge in [0.2, 0.25) is 0 Å². The summed E-state index contributed by atoms with van der Waals surface area (Å²) in [5.74, 6) is 5.31. The SMILES string of the molecule is Cc1ncc(C(=O)NCc2cc(C#CCO)cs2)s1. The summed E-state index contributed by atoms with van der Waals surface area (Å²) in [6, 6.07) is 1.91. The van der Waals surface area contributed by atoms with Gasteiger partial charge in [0, 0.05) is 15.8 Å². The highest BCUT2D eigenvalue weighted by Gasteiger charge is 2.08. The van der Waals surface area contributed by atoms with Gasteiger partial charge in [0.25, 0.3) is 5.91 Å². The third-order valence-corrected chi connectivity index (χ3v) is 4.08. The summed E-state index contributed by atoms with van der Waals surface area (Å²) in [6.07, 6.45) is 1.59. The highest BCUT2D eigenvalue weighted by Crippen LogP contribution is 2.15. The van der Waals surface area contributed by atoms with Crippen molar-refractivity contribution in [1.82, 2.24) is 10.3 Å². The van der Waals surface area contributed by atoms with Crippen LogP contribution in [0.25, 0.3) is 0 Å². The van der Waals surface area contributed by atoms with E-state index in [-0.39, 0.29) is 12.5 Å². The van der Waals surface area contributed by atoms with Crippen molar-refractivity contribution in [2.75, 3.05) is 6.61 Å². The molecular weight excluding hydrogens is 280 g/mol. The number of aromatic nitrogens is 1. The van der Waals surface area contributed by atoms with Gasteiger partial charge in [-0.3, -0.25) is 4.79 Å². The lowest BCUT2D eigenvalue weighted by Crippen LogP contribution is -2.21. The van der Waals surface area contributed by atoms with E-state index in [0.29, 0.717) is 11.4 Å². The second-order valence-electron chi connectivity index (χ2n) is 3.69. The van der Waals surface area contributed by atoms with Gasteiger partial charge in [-0.2, -0.15) is 0 Å². The molecule has 0 saturated carbocycles. The molecule has 6 heteroatoms. The van der Waals surface area contributed by atoms with Gasteiger partial charge in [0.15, 0.2) is 0 Å². The highest BCUT2D eigenvalue weighted by molar-refractivity contribution is 7.13. The molecule has 19 heavy (non-hydrogen) atoms. The molecule has 0 saturated heterocycles. The van der Waals surface area contributed by atoms with Crippen LogP contribution in [0.2, 0.25) is 0 Å². The van der Waals surface area contributed by atoms with Crippen LogP contribution in [0.3, 0.4) is 0 Å². The fourth-order valence-electron chi connectivity index (χ4n) is 1.40. The average molecular weight is 292 g/mol. The fraction of sp³-hybridized carbons (Fsp3) is 0.231. The summed E-state index contributed by atoms with van der Waals surface area (Å²) in [4.78, 5) is 17.5. The van der Waals surface area contributed by atoms with Gasteiger partial charge in [-0.15, -0.1) is 22.7 Å². The first-order chi connectivity index (χ1) is 9.19. The van der Waals surface area contributed by atoms with E-state index in [4.69, 9.17) is 5.11 Å². The lowest BCUT2D eigenvalue weighted by Gasteiger charge is -1.99. The zero-order valence-electron chi connectivity index (χ0n) is 10.3. The molecular formula is C13H12N2O2S2. The molecule has 0 aliphatic carbocycles. The number of aliphatic hydroxyl groups is 1. The molecule has 1 amide bonds. The minimum absolute atomic E-state index is 0.109. The number of carbonyl (C=O) groups is 1. The number of hydrogen-bond donors (Lipinski definition) is 2. The molecule has 0 unspecified atom stereocenters. The largest absolute Gasteiger partial charge is 0.384 e. The molecule has 2 N–H and O–H groups in total. The molecule has 0 spiro atoms. The first-order valence-corrected chi connectivity index (χ1v) is 7.26. The topological polar surface area (TPSA) is 62.2 Å². The summed E-state index contributed by atoms with van der Waals surface area (Å²) in [5.41, 5.74) is 0.858. The number of thiazole rings is 1. The first-order valence-electron chi connectivity index (χ1n) is 5.57. The second-order valence-corrected chi connectivity index (χ2v) is 5.92. The molecule has 0 radical (unpaired) electrons. The van der Waals surface area contributed by atoms with Crippen LogP contribution >= 0.6 is 22.7 Å². The van der Waals surface area contributed by atoms with E-state index in [1.54, 1.807) is 6.20 Å². The summed E-state index contributed by atoms with van der Waals surface area (Å²) >= 11 is 2.91. The number of carbonyl (C=O) groups excluding carboxylic acids is 1. The molecule has 2 rings (SSSR count). The number of amides is 1. The number of nitrogens with zero attached hydrogens (tertiary/aromatic N) is 1. The highest BCUT2D eigenvalue weighted by atomic mass is 32.1. The van der Waals surface area contributed by atoms with Crippen LogP contribution in [0.5, 0.6) is 0 Å². The van der Waals surface area contributed by atoms with Crippen LogP contribution in [-0.2, 0) is 6.54 Å². The number of rotatable bonds is 3. The molecule has 0 atom stereocenters. The Morgan fingerprint density at radius 1 is 1.58 bits per heavy atom. The van der Waals surface area contributed by atoms with E-state index < -0.39 is 0 Å². The van der Waals surface area contributed by atoms with Crippen molar-refractivity contribution < 1.29 is 9.90 Å². The Bertz CT molecular complexity index is 634. The monoisotopic (exact) mass is 292 g/mol. The molecule has 2 heterocycles. The Balaban J connectivity index is 1.92. The van der Waals surface area contributed by atoms with E-state index in [9.17, 15) is 4.79 Å². The number of thiophene rings is 1. The Kier molecular flexibility index (Phi) is 4.68. The lowest BCUT2D eigenvalue weighted by molar-refractivity contribution is 0.0955. The maximum absolute atomic E-state index is 11.8. The standard InChI is InChI=1S/C13H12N2O2S2/c1-9-14-7-12(19-9)13(17)15-6-11-5-10(8-18-11)3-2-4-16/h5,7-8,16H,4,6H2,1H3,(H,15,17). The smallest absolute Gasteiger partial charge is 0.263 e. The number of aliphatic hydroxyl groups excluding tert-OH is 1. The minimum atomic E-state index is -0.146. The van der Waals surface area contributed by atoms with Crippen LogP contribution in [0.15, 0.2) is 17.6 Å². The van der Waals surface area contributed by atoms with Crippen LogP contribution in [0, 0.1) is 18.8 Å². The van der Waals surface area contributed by atoms with E-state index in [1.165, 1.54) is 22.7 Å². The average Bonchev–Trinajstić information content (AvgIpc) is 3.02. The molecule has 4 nitrogen and oxygen atoms in total. The predicted octanol–water partition coefficient (Wildman–Crippen LogP) is 1.79. The lowest BCUT2D eigenvalue weighted by atomic mass is 10.3. The third kappa shape index (κ3) is 3.89. The summed E-state index contributed by atoms with van der Waals surface area (Å²) < 4.78 is 0. The second kappa shape index (κ2) is 6.48. The molecule has 0 bridgehead atoms. The molecule has 2 aromatic heterocycles.